The summed E-state index contributed by atoms with van der Waals surface area (Å²) in [4.78, 5) is 41.9. The number of hydrogen-bond donors (Lipinski definition) is 1. The zero-order valence-corrected chi connectivity index (χ0v) is 19.5. The van der Waals surface area contributed by atoms with E-state index in [1.54, 1.807) is 23.2 Å². The molecular formula is C23H30N4O4S. The average molecular weight is 459 g/mol. The largest absolute Gasteiger partial charge is 0.464 e. The van der Waals surface area contributed by atoms with Crippen LogP contribution in [0.2, 0.25) is 0 Å². The van der Waals surface area contributed by atoms with E-state index in [1.165, 1.54) is 30.7 Å². The fourth-order valence-electron chi connectivity index (χ4n) is 4.64. The van der Waals surface area contributed by atoms with Gasteiger partial charge in [0.05, 0.1) is 13.7 Å². The van der Waals surface area contributed by atoms with Crippen LogP contribution in [-0.2, 0) is 22.5 Å². The summed E-state index contributed by atoms with van der Waals surface area (Å²) in [6, 6.07) is 5.59. The molecule has 0 aromatic carbocycles. The summed E-state index contributed by atoms with van der Waals surface area (Å²) >= 11 is 1.63. The SMILES string of the molecule is COC(=O)c1cc2n(n1)C[C@](C)(C(=O)NC1CCCCCC1)N(CCc1cccs1)C2=O. The van der Waals surface area contributed by atoms with E-state index in [-0.39, 0.29) is 30.1 Å². The molecule has 2 aliphatic rings. The van der Waals surface area contributed by atoms with Gasteiger partial charge < -0.3 is 15.0 Å². The first-order valence-corrected chi connectivity index (χ1v) is 12.1. The molecule has 1 fully saturated rings. The van der Waals surface area contributed by atoms with Crippen LogP contribution in [0.1, 0.15) is 71.3 Å². The number of ether oxygens (including phenoxy) is 1. The lowest BCUT2D eigenvalue weighted by Crippen LogP contribution is -2.65. The molecule has 3 heterocycles. The summed E-state index contributed by atoms with van der Waals surface area (Å²) in [5.74, 6) is -1.06. The topological polar surface area (TPSA) is 93.5 Å². The van der Waals surface area contributed by atoms with E-state index in [0.29, 0.717) is 18.7 Å². The summed E-state index contributed by atoms with van der Waals surface area (Å²) in [5, 5.41) is 9.50. The van der Waals surface area contributed by atoms with E-state index in [0.717, 1.165) is 30.6 Å². The van der Waals surface area contributed by atoms with Gasteiger partial charge in [0.2, 0.25) is 5.91 Å². The zero-order valence-electron chi connectivity index (χ0n) is 18.6. The maximum absolute atomic E-state index is 13.6. The van der Waals surface area contributed by atoms with Crippen molar-refractivity contribution >= 4 is 29.1 Å². The molecule has 1 saturated carbocycles. The van der Waals surface area contributed by atoms with Crippen LogP contribution < -0.4 is 5.32 Å². The molecule has 172 valence electrons. The fraction of sp³-hybridized carbons (Fsp3) is 0.565. The minimum absolute atomic E-state index is 0.0717. The molecule has 9 heteroatoms. The minimum atomic E-state index is -1.10. The Hall–Kier alpha value is -2.68. The van der Waals surface area contributed by atoms with Gasteiger partial charge in [-0.25, -0.2) is 4.79 Å². The lowest BCUT2D eigenvalue weighted by molar-refractivity contribution is -0.133. The number of fused-ring (bicyclic) bond motifs is 1. The number of hydrogen-bond acceptors (Lipinski definition) is 6. The number of nitrogens with one attached hydrogen (secondary N) is 1. The van der Waals surface area contributed by atoms with Crippen molar-refractivity contribution in [1.29, 1.82) is 0 Å². The van der Waals surface area contributed by atoms with Crippen LogP contribution in [0, 0.1) is 0 Å². The Kier molecular flexibility index (Phi) is 6.64. The summed E-state index contributed by atoms with van der Waals surface area (Å²) in [6.45, 7) is 2.40. The van der Waals surface area contributed by atoms with Gasteiger partial charge in [-0.15, -0.1) is 11.3 Å². The number of nitrogens with zero attached hydrogens (tertiary/aromatic N) is 3. The predicted molar refractivity (Wildman–Crippen MR) is 121 cm³/mol. The van der Waals surface area contributed by atoms with E-state index in [9.17, 15) is 14.4 Å². The van der Waals surface area contributed by atoms with Gasteiger partial charge in [-0.1, -0.05) is 31.7 Å². The van der Waals surface area contributed by atoms with E-state index in [2.05, 4.69) is 10.4 Å². The highest BCUT2D eigenvalue weighted by molar-refractivity contribution is 7.09. The Bertz CT molecular complexity index is 978. The molecule has 32 heavy (non-hydrogen) atoms. The second-order valence-corrected chi connectivity index (χ2v) is 9.82. The first kappa shape index (κ1) is 22.5. The van der Waals surface area contributed by atoms with Gasteiger partial charge in [0.1, 0.15) is 11.2 Å². The molecule has 1 aliphatic carbocycles. The number of methoxy groups -OCH3 is 1. The normalized spacial score (nSPS) is 21.7. The molecule has 1 atom stereocenters. The van der Waals surface area contributed by atoms with Gasteiger partial charge in [0.25, 0.3) is 5.91 Å². The lowest BCUT2D eigenvalue weighted by Gasteiger charge is -2.43. The fourth-order valence-corrected chi connectivity index (χ4v) is 5.34. The number of esters is 1. The summed E-state index contributed by atoms with van der Waals surface area (Å²) < 4.78 is 6.24. The molecule has 1 N–H and O–H groups in total. The molecule has 0 unspecified atom stereocenters. The molecule has 0 radical (unpaired) electrons. The highest BCUT2D eigenvalue weighted by atomic mass is 32.1. The third kappa shape index (κ3) is 4.44. The molecule has 2 aromatic rings. The quantitative estimate of drug-likeness (QED) is 0.531. The number of carbonyl (C=O) groups excluding carboxylic acids is 3. The van der Waals surface area contributed by atoms with E-state index in [1.807, 2.05) is 17.5 Å². The van der Waals surface area contributed by atoms with Crippen molar-refractivity contribution in [3.05, 3.63) is 39.8 Å². The Labute approximate surface area is 191 Å². The van der Waals surface area contributed by atoms with Gasteiger partial charge in [-0.2, -0.15) is 5.10 Å². The molecule has 4 rings (SSSR count). The standard InChI is InChI=1S/C23H30N4O4S/c1-23(22(30)24-16-8-5-3-4-6-9-16)15-27-19(14-18(25-27)21(29)31-2)20(28)26(23)12-11-17-10-7-13-32-17/h7,10,13-14,16H,3-6,8-9,11-12,15H2,1-2H3,(H,24,30)/t23-/m1/s1. The summed E-state index contributed by atoms with van der Waals surface area (Å²) in [7, 11) is 1.28. The predicted octanol–water partition coefficient (Wildman–Crippen LogP) is 3.03. The van der Waals surface area contributed by atoms with Crippen LogP contribution in [-0.4, -0.2) is 57.7 Å². The molecule has 2 amide bonds. The van der Waals surface area contributed by atoms with Crippen molar-refractivity contribution in [3.8, 4) is 0 Å². The van der Waals surface area contributed by atoms with Crippen molar-refractivity contribution in [2.45, 2.75) is 70.0 Å². The van der Waals surface area contributed by atoms with Crippen molar-refractivity contribution < 1.29 is 19.1 Å². The van der Waals surface area contributed by atoms with Gasteiger partial charge in [0.15, 0.2) is 5.69 Å². The second kappa shape index (κ2) is 9.44. The minimum Gasteiger partial charge on any atom is -0.464 e. The smallest absolute Gasteiger partial charge is 0.358 e. The van der Waals surface area contributed by atoms with Crippen molar-refractivity contribution in [2.75, 3.05) is 13.7 Å². The first-order valence-electron chi connectivity index (χ1n) is 11.2. The molecule has 0 saturated heterocycles. The number of amides is 2. The van der Waals surface area contributed by atoms with E-state index < -0.39 is 11.5 Å². The van der Waals surface area contributed by atoms with Crippen molar-refractivity contribution in [2.24, 2.45) is 0 Å². The van der Waals surface area contributed by atoms with Crippen LogP contribution in [0.15, 0.2) is 23.6 Å². The lowest BCUT2D eigenvalue weighted by atomic mass is 9.93. The Morgan fingerprint density at radius 1 is 1.28 bits per heavy atom. The molecule has 0 spiro atoms. The van der Waals surface area contributed by atoms with Gasteiger partial charge in [-0.3, -0.25) is 14.3 Å². The molecule has 1 aliphatic heterocycles. The molecule has 2 aromatic heterocycles. The van der Waals surface area contributed by atoms with Crippen LogP contribution in [0.3, 0.4) is 0 Å². The van der Waals surface area contributed by atoms with Crippen LogP contribution in [0.25, 0.3) is 0 Å². The average Bonchev–Trinajstić information content (AvgIpc) is 3.38. The molecule has 8 nitrogen and oxygen atoms in total. The number of thiophene rings is 1. The highest BCUT2D eigenvalue weighted by Crippen LogP contribution is 2.29. The van der Waals surface area contributed by atoms with Gasteiger partial charge >= 0.3 is 5.97 Å². The Morgan fingerprint density at radius 3 is 2.69 bits per heavy atom. The monoisotopic (exact) mass is 458 g/mol. The molecular weight excluding hydrogens is 428 g/mol. The zero-order chi connectivity index (χ0) is 22.7. The highest BCUT2D eigenvalue weighted by Gasteiger charge is 2.48. The van der Waals surface area contributed by atoms with Crippen LogP contribution in [0.4, 0.5) is 0 Å². The van der Waals surface area contributed by atoms with Crippen molar-refractivity contribution in [1.82, 2.24) is 20.0 Å². The van der Waals surface area contributed by atoms with Gasteiger partial charge in [-0.05, 0) is 37.6 Å². The first-order chi connectivity index (χ1) is 15.4. The van der Waals surface area contributed by atoms with E-state index in [4.69, 9.17) is 4.74 Å². The summed E-state index contributed by atoms with van der Waals surface area (Å²) in [6.07, 6.45) is 7.19. The summed E-state index contributed by atoms with van der Waals surface area (Å²) in [5.41, 5.74) is -0.730. The molecule has 0 bridgehead atoms. The maximum Gasteiger partial charge on any atom is 0.358 e. The third-order valence-electron chi connectivity index (χ3n) is 6.53. The number of carbonyl (C=O) groups is 3. The second-order valence-electron chi connectivity index (χ2n) is 8.79. The number of aromatic nitrogens is 2. The van der Waals surface area contributed by atoms with Gasteiger partial charge in [0, 0.05) is 23.5 Å². The third-order valence-corrected chi connectivity index (χ3v) is 7.47. The number of rotatable bonds is 6. The maximum atomic E-state index is 13.6. The van der Waals surface area contributed by atoms with Crippen LogP contribution >= 0.6 is 11.3 Å². The van der Waals surface area contributed by atoms with E-state index >= 15 is 0 Å². The Morgan fingerprint density at radius 2 is 2.03 bits per heavy atom. The Balaban J connectivity index is 1.62. The van der Waals surface area contributed by atoms with Crippen molar-refractivity contribution in [3.63, 3.8) is 0 Å². The van der Waals surface area contributed by atoms with Crippen LogP contribution in [0.5, 0.6) is 0 Å².